The van der Waals surface area contributed by atoms with E-state index >= 15 is 0 Å². The Morgan fingerprint density at radius 1 is 1.25 bits per heavy atom. The zero-order valence-corrected chi connectivity index (χ0v) is 12.4. The molecule has 3 heterocycles. The van der Waals surface area contributed by atoms with Crippen molar-refractivity contribution in [1.82, 2.24) is 25.3 Å². The molecule has 0 aliphatic carbocycles. The third-order valence-corrected chi connectivity index (χ3v) is 3.99. The van der Waals surface area contributed by atoms with E-state index in [1.54, 1.807) is 11.3 Å². The van der Waals surface area contributed by atoms with Crippen molar-refractivity contribution in [1.29, 1.82) is 0 Å². The van der Waals surface area contributed by atoms with Crippen LogP contribution in [0.25, 0.3) is 5.65 Å². The van der Waals surface area contributed by atoms with Gasteiger partial charge in [0.05, 0.1) is 6.04 Å². The number of fused-ring (bicyclic) bond motifs is 1. The molecule has 0 saturated heterocycles. The van der Waals surface area contributed by atoms with E-state index in [9.17, 15) is 0 Å². The Morgan fingerprint density at radius 2 is 2.10 bits per heavy atom. The van der Waals surface area contributed by atoms with E-state index in [2.05, 4.69) is 64.2 Å². The molecule has 0 spiro atoms. The van der Waals surface area contributed by atoms with E-state index in [0.29, 0.717) is 5.65 Å². The maximum absolute atomic E-state index is 4.37. The number of nitrogens with one attached hydrogen (secondary N) is 1. The molecule has 0 bridgehead atoms. The van der Waals surface area contributed by atoms with Crippen LogP contribution in [0, 0.1) is 5.41 Å². The zero-order chi connectivity index (χ0) is 14.2. The third-order valence-electron chi connectivity index (χ3n) is 3.06. The Labute approximate surface area is 120 Å². The molecule has 0 amide bonds. The molecule has 0 fully saturated rings. The quantitative estimate of drug-likeness (QED) is 0.802. The number of nitrogens with zero attached hydrogens (tertiary/aromatic N) is 5. The van der Waals surface area contributed by atoms with Crippen LogP contribution in [-0.4, -0.2) is 25.3 Å². The van der Waals surface area contributed by atoms with Crippen LogP contribution in [-0.2, 0) is 0 Å². The molecule has 20 heavy (non-hydrogen) atoms. The summed E-state index contributed by atoms with van der Waals surface area (Å²) in [4.78, 5) is 1.29. The molecule has 0 saturated carbocycles. The third kappa shape index (κ3) is 2.49. The van der Waals surface area contributed by atoms with Gasteiger partial charge >= 0.3 is 0 Å². The number of hydrogen-bond acceptors (Lipinski definition) is 6. The average Bonchev–Trinajstić information content (AvgIpc) is 3.05. The van der Waals surface area contributed by atoms with Crippen LogP contribution in [0.2, 0.25) is 0 Å². The number of thiophene rings is 1. The summed E-state index contributed by atoms with van der Waals surface area (Å²) in [6.45, 7) is 6.62. The van der Waals surface area contributed by atoms with E-state index in [0.717, 1.165) is 5.82 Å². The summed E-state index contributed by atoms with van der Waals surface area (Å²) >= 11 is 1.75. The lowest BCUT2D eigenvalue weighted by molar-refractivity contribution is 0.350. The molecular weight excluding hydrogens is 272 g/mol. The van der Waals surface area contributed by atoms with Crippen molar-refractivity contribution in [3.63, 3.8) is 0 Å². The first-order chi connectivity index (χ1) is 9.54. The normalized spacial score (nSPS) is 13.6. The van der Waals surface area contributed by atoms with Crippen molar-refractivity contribution in [2.75, 3.05) is 5.32 Å². The van der Waals surface area contributed by atoms with Crippen molar-refractivity contribution in [3.05, 3.63) is 34.5 Å². The van der Waals surface area contributed by atoms with Crippen LogP contribution in [0.5, 0.6) is 0 Å². The summed E-state index contributed by atoms with van der Waals surface area (Å²) in [7, 11) is 0. The van der Waals surface area contributed by atoms with E-state index in [1.807, 2.05) is 12.1 Å². The van der Waals surface area contributed by atoms with Crippen molar-refractivity contribution in [3.8, 4) is 0 Å². The number of aromatic nitrogens is 5. The largest absolute Gasteiger partial charge is 0.360 e. The fourth-order valence-corrected chi connectivity index (χ4v) is 3.06. The minimum absolute atomic E-state index is 0.0715. The molecule has 0 radical (unpaired) electrons. The Kier molecular flexibility index (Phi) is 3.13. The summed E-state index contributed by atoms with van der Waals surface area (Å²) in [5.41, 5.74) is 0.709. The van der Waals surface area contributed by atoms with Gasteiger partial charge in [-0.05, 0) is 39.4 Å². The van der Waals surface area contributed by atoms with Crippen LogP contribution in [0.15, 0.2) is 29.6 Å². The molecule has 3 aromatic rings. The maximum atomic E-state index is 4.37. The lowest BCUT2D eigenvalue weighted by atomic mass is 9.86. The Bertz CT molecular complexity index is 697. The lowest BCUT2D eigenvalue weighted by Crippen LogP contribution is -2.25. The molecule has 104 valence electrons. The van der Waals surface area contributed by atoms with E-state index in [1.165, 1.54) is 9.51 Å². The van der Waals surface area contributed by atoms with Crippen LogP contribution >= 0.6 is 11.3 Å². The van der Waals surface area contributed by atoms with Crippen LogP contribution in [0.4, 0.5) is 5.82 Å². The highest BCUT2D eigenvalue weighted by molar-refractivity contribution is 7.10. The monoisotopic (exact) mass is 288 g/mol. The molecule has 7 heteroatoms. The Hall–Kier alpha value is -2.02. The molecule has 0 aliphatic heterocycles. The molecule has 1 atom stereocenters. The van der Waals surface area contributed by atoms with Gasteiger partial charge in [0, 0.05) is 4.88 Å². The van der Waals surface area contributed by atoms with Crippen LogP contribution in [0.3, 0.4) is 0 Å². The zero-order valence-electron chi connectivity index (χ0n) is 11.6. The summed E-state index contributed by atoms with van der Waals surface area (Å²) in [5.74, 6) is 0.762. The average molecular weight is 288 g/mol. The molecule has 0 aliphatic rings. The SMILES string of the molecule is CC(C)(C)C(Nc1ccc2nnnn2n1)c1cccs1. The van der Waals surface area contributed by atoms with E-state index < -0.39 is 0 Å². The smallest absolute Gasteiger partial charge is 0.200 e. The molecule has 1 N–H and O–H groups in total. The van der Waals surface area contributed by atoms with Crippen molar-refractivity contribution in [2.24, 2.45) is 5.41 Å². The molecule has 0 aromatic carbocycles. The van der Waals surface area contributed by atoms with Crippen molar-refractivity contribution < 1.29 is 0 Å². The van der Waals surface area contributed by atoms with Gasteiger partial charge in [0.15, 0.2) is 5.65 Å². The summed E-state index contributed by atoms with van der Waals surface area (Å²) in [5, 5.41) is 21.2. The van der Waals surface area contributed by atoms with Crippen LogP contribution in [0.1, 0.15) is 31.7 Å². The molecule has 3 aromatic heterocycles. The predicted octanol–water partition coefficient (Wildman–Crippen LogP) is 2.78. The summed E-state index contributed by atoms with van der Waals surface area (Å²) < 4.78 is 1.43. The summed E-state index contributed by atoms with van der Waals surface area (Å²) in [6.07, 6.45) is 0. The second-order valence-corrected chi connectivity index (χ2v) is 6.68. The van der Waals surface area contributed by atoms with Gasteiger partial charge < -0.3 is 5.32 Å². The highest BCUT2D eigenvalue weighted by Crippen LogP contribution is 2.37. The number of tetrazole rings is 1. The van der Waals surface area contributed by atoms with Gasteiger partial charge in [-0.1, -0.05) is 26.8 Å². The van der Waals surface area contributed by atoms with Crippen LogP contribution < -0.4 is 5.32 Å². The predicted molar refractivity (Wildman–Crippen MR) is 78.7 cm³/mol. The van der Waals surface area contributed by atoms with Crippen molar-refractivity contribution >= 4 is 22.8 Å². The van der Waals surface area contributed by atoms with E-state index in [4.69, 9.17) is 0 Å². The van der Waals surface area contributed by atoms with E-state index in [-0.39, 0.29) is 11.5 Å². The number of hydrogen-bond donors (Lipinski definition) is 1. The van der Waals surface area contributed by atoms with Gasteiger partial charge in [0.2, 0.25) is 0 Å². The first-order valence-electron chi connectivity index (χ1n) is 6.39. The van der Waals surface area contributed by atoms with Gasteiger partial charge in [0.25, 0.3) is 0 Å². The van der Waals surface area contributed by atoms with Crippen molar-refractivity contribution in [2.45, 2.75) is 26.8 Å². The Morgan fingerprint density at radius 3 is 2.80 bits per heavy atom. The minimum Gasteiger partial charge on any atom is -0.360 e. The fourth-order valence-electron chi connectivity index (χ4n) is 2.04. The number of rotatable bonds is 3. The summed E-state index contributed by atoms with van der Waals surface area (Å²) in [6, 6.07) is 8.15. The topological polar surface area (TPSA) is 68.0 Å². The Balaban J connectivity index is 1.93. The highest BCUT2D eigenvalue weighted by atomic mass is 32.1. The standard InChI is InChI=1S/C13H16N6S/c1-13(2,3)12(9-5-4-8-20-9)14-10-6-7-11-15-17-18-19(11)16-10/h4-8,12H,1-3H3,(H,14,16). The first-order valence-corrected chi connectivity index (χ1v) is 7.27. The van der Waals surface area contributed by atoms with Gasteiger partial charge in [-0.3, -0.25) is 0 Å². The number of anilines is 1. The molecule has 6 nitrogen and oxygen atoms in total. The molecule has 3 rings (SSSR count). The lowest BCUT2D eigenvalue weighted by Gasteiger charge is -2.31. The van der Waals surface area contributed by atoms with Gasteiger partial charge in [0.1, 0.15) is 5.82 Å². The fraction of sp³-hybridized carbons (Fsp3) is 0.385. The maximum Gasteiger partial charge on any atom is 0.200 e. The molecule has 1 unspecified atom stereocenters. The van der Waals surface area contributed by atoms with Gasteiger partial charge in [-0.15, -0.1) is 26.2 Å². The highest BCUT2D eigenvalue weighted by Gasteiger charge is 2.27. The van der Waals surface area contributed by atoms with Gasteiger partial charge in [-0.2, -0.15) is 0 Å². The second kappa shape index (κ2) is 4.82. The second-order valence-electron chi connectivity index (χ2n) is 5.70. The molecular formula is C13H16N6S. The first kappa shape index (κ1) is 13.0. The van der Waals surface area contributed by atoms with Gasteiger partial charge in [-0.25, -0.2) is 0 Å². The minimum atomic E-state index is 0.0715.